The summed E-state index contributed by atoms with van der Waals surface area (Å²) in [6.45, 7) is 14.2. The molecule has 0 rings (SSSR count). The molecule has 0 bridgehead atoms. The predicted molar refractivity (Wildman–Crippen MR) is 92.8 cm³/mol. The molecule has 0 aromatic carbocycles. The van der Waals surface area contributed by atoms with E-state index in [4.69, 9.17) is 9.47 Å². The van der Waals surface area contributed by atoms with Crippen LogP contribution in [-0.2, 0) is 19.1 Å². The van der Waals surface area contributed by atoms with Crippen molar-refractivity contribution in [3.8, 4) is 0 Å². The lowest BCUT2D eigenvalue weighted by molar-refractivity contribution is -0.176. The van der Waals surface area contributed by atoms with Crippen molar-refractivity contribution in [1.82, 2.24) is 0 Å². The first-order valence-corrected chi connectivity index (χ1v) is 7.77. The maximum Gasteiger partial charge on any atom is 0.324 e. The summed E-state index contributed by atoms with van der Waals surface area (Å²) < 4.78 is 10.6. The van der Waals surface area contributed by atoms with Crippen LogP contribution in [0.5, 0.6) is 0 Å². The van der Waals surface area contributed by atoms with E-state index >= 15 is 0 Å². The number of ether oxygens (including phenoxy) is 2. The molecule has 0 saturated heterocycles. The number of esters is 2. The van der Waals surface area contributed by atoms with Crippen molar-refractivity contribution in [3.63, 3.8) is 0 Å². The van der Waals surface area contributed by atoms with E-state index in [2.05, 4.69) is 13.2 Å². The van der Waals surface area contributed by atoms with E-state index in [-0.39, 0.29) is 25.0 Å². The van der Waals surface area contributed by atoms with Crippen LogP contribution in [0.15, 0.2) is 49.6 Å². The summed E-state index contributed by atoms with van der Waals surface area (Å²) in [7, 11) is 0. The molecule has 4 heteroatoms. The lowest BCUT2D eigenvalue weighted by Crippen LogP contribution is -2.43. The average Bonchev–Trinajstić information content (AvgIpc) is 2.44. The Balaban J connectivity index is 5.74. The van der Waals surface area contributed by atoms with Crippen molar-refractivity contribution < 1.29 is 19.1 Å². The third kappa shape index (κ3) is 7.13. The molecule has 0 radical (unpaired) electrons. The minimum absolute atomic E-state index is 0.178. The fourth-order valence-corrected chi connectivity index (χ4v) is 1.88. The van der Waals surface area contributed by atoms with E-state index in [0.717, 1.165) is 0 Å². The number of rotatable bonds is 10. The van der Waals surface area contributed by atoms with E-state index in [0.29, 0.717) is 0 Å². The Morgan fingerprint density at radius 3 is 1.48 bits per heavy atom. The summed E-state index contributed by atoms with van der Waals surface area (Å²) in [5.74, 6) is -1.17. The van der Waals surface area contributed by atoms with Gasteiger partial charge in [0.25, 0.3) is 0 Å². The van der Waals surface area contributed by atoms with Crippen LogP contribution in [0.3, 0.4) is 0 Å². The molecular formula is C19H28O4. The Morgan fingerprint density at radius 2 is 1.22 bits per heavy atom. The van der Waals surface area contributed by atoms with Gasteiger partial charge in [-0.05, 0) is 40.5 Å². The van der Waals surface area contributed by atoms with Gasteiger partial charge in [-0.25, -0.2) is 0 Å². The minimum Gasteiger partial charge on any atom is -0.462 e. The summed E-state index contributed by atoms with van der Waals surface area (Å²) >= 11 is 0. The van der Waals surface area contributed by atoms with E-state index in [1.165, 1.54) is 0 Å². The summed E-state index contributed by atoms with van der Waals surface area (Å²) in [5, 5.41) is 0. The van der Waals surface area contributed by atoms with Crippen molar-refractivity contribution in [2.75, 3.05) is 0 Å². The molecule has 0 atom stereocenters. The Labute approximate surface area is 139 Å². The first-order valence-electron chi connectivity index (χ1n) is 7.77. The largest absolute Gasteiger partial charge is 0.462 e. The van der Waals surface area contributed by atoms with Gasteiger partial charge in [0, 0.05) is 0 Å². The predicted octanol–water partition coefficient (Wildman–Crippen LogP) is 4.14. The molecule has 0 fully saturated rings. The summed E-state index contributed by atoms with van der Waals surface area (Å²) in [5.41, 5.74) is -1.41. The van der Waals surface area contributed by atoms with E-state index in [1.807, 2.05) is 0 Å². The van der Waals surface area contributed by atoms with Crippen LogP contribution in [0.2, 0.25) is 0 Å². The monoisotopic (exact) mass is 320 g/mol. The van der Waals surface area contributed by atoms with Crippen LogP contribution in [0.25, 0.3) is 0 Å². The zero-order valence-electron chi connectivity index (χ0n) is 14.6. The van der Waals surface area contributed by atoms with Crippen LogP contribution in [0.1, 0.15) is 40.5 Å². The zero-order valence-corrected chi connectivity index (χ0v) is 14.6. The molecule has 0 amide bonds. The summed E-state index contributed by atoms with van der Waals surface area (Å²) in [4.78, 5) is 25.3. The lowest BCUT2D eigenvalue weighted by atomic mass is 9.80. The smallest absolute Gasteiger partial charge is 0.324 e. The molecular weight excluding hydrogens is 292 g/mol. The average molecular weight is 320 g/mol. The molecule has 128 valence electrons. The van der Waals surface area contributed by atoms with Crippen molar-refractivity contribution in [3.05, 3.63) is 49.6 Å². The van der Waals surface area contributed by atoms with Crippen LogP contribution < -0.4 is 0 Å². The normalized spacial score (nSPS) is 12.1. The highest BCUT2D eigenvalue weighted by atomic mass is 16.6. The second-order valence-electron chi connectivity index (χ2n) is 5.73. The Kier molecular flexibility index (Phi) is 9.63. The quantitative estimate of drug-likeness (QED) is 0.345. The van der Waals surface area contributed by atoms with Crippen molar-refractivity contribution in [2.24, 2.45) is 5.41 Å². The van der Waals surface area contributed by atoms with Crippen LogP contribution >= 0.6 is 0 Å². The SMILES string of the molecule is C=C/C=C/CC(C/C=C/C=C)(C(=O)OC(C)C)C(=O)OC(C)C. The lowest BCUT2D eigenvalue weighted by Gasteiger charge is -2.29. The second kappa shape index (κ2) is 10.6. The van der Waals surface area contributed by atoms with Crippen molar-refractivity contribution >= 4 is 11.9 Å². The molecule has 0 aliphatic carbocycles. The van der Waals surface area contributed by atoms with Gasteiger partial charge < -0.3 is 9.47 Å². The van der Waals surface area contributed by atoms with Crippen LogP contribution in [0, 0.1) is 5.41 Å². The molecule has 4 nitrogen and oxygen atoms in total. The van der Waals surface area contributed by atoms with Gasteiger partial charge in [-0.15, -0.1) is 0 Å². The fraction of sp³-hybridized carbons (Fsp3) is 0.474. The zero-order chi connectivity index (χ0) is 17.9. The maximum atomic E-state index is 12.6. The Hall–Kier alpha value is -2.10. The van der Waals surface area contributed by atoms with Gasteiger partial charge in [0.05, 0.1) is 12.2 Å². The molecule has 0 saturated carbocycles. The maximum absolute atomic E-state index is 12.6. The van der Waals surface area contributed by atoms with Crippen molar-refractivity contribution in [1.29, 1.82) is 0 Å². The highest BCUT2D eigenvalue weighted by Gasteiger charge is 2.47. The molecule has 0 aliphatic heterocycles. The molecule has 0 aliphatic rings. The third-order valence-corrected chi connectivity index (χ3v) is 2.94. The molecule has 23 heavy (non-hydrogen) atoms. The highest BCUT2D eigenvalue weighted by Crippen LogP contribution is 2.33. The molecule has 0 N–H and O–H groups in total. The molecule has 0 spiro atoms. The molecule has 0 unspecified atom stereocenters. The van der Waals surface area contributed by atoms with Gasteiger partial charge >= 0.3 is 11.9 Å². The standard InChI is InChI=1S/C19H28O4/c1-7-9-11-13-19(14-12-10-8-2,17(20)22-15(3)4)18(21)23-16(5)6/h7-12,15-16H,1-2,13-14H2,3-6H3/b11-9+,12-10+. The first-order chi connectivity index (χ1) is 10.8. The van der Waals surface area contributed by atoms with Gasteiger partial charge in [0.1, 0.15) is 0 Å². The number of hydrogen-bond donors (Lipinski definition) is 0. The van der Waals surface area contributed by atoms with Gasteiger partial charge in [-0.1, -0.05) is 49.6 Å². The second-order valence-corrected chi connectivity index (χ2v) is 5.73. The number of carbonyl (C=O) groups excluding carboxylic acids is 2. The Bertz CT molecular complexity index is 426. The van der Waals surface area contributed by atoms with Crippen LogP contribution in [-0.4, -0.2) is 24.1 Å². The van der Waals surface area contributed by atoms with Crippen LogP contribution in [0.4, 0.5) is 0 Å². The first kappa shape index (κ1) is 20.9. The minimum atomic E-state index is -1.41. The summed E-state index contributed by atoms with van der Waals surface area (Å²) in [6.07, 6.45) is 9.72. The highest BCUT2D eigenvalue weighted by molar-refractivity contribution is 6.00. The van der Waals surface area contributed by atoms with E-state index in [9.17, 15) is 9.59 Å². The number of hydrogen-bond acceptors (Lipinski definition) is 4. The van der Waals surface area contributed by atoms with Gasteiger partial charge in [0.2, 0.25) is 0 Å². The molecule has 0 aromatic rings. The van der Waals surface area contributed by atoms with Gasteiger partial charge in [0.15, 0.2) is 5.41 Å². The van der Waals surface area contributed by atoms with E-state index < -0.39 is 17.4 Å². The fourth-order valence-electron chi connectivity index (χ4n) is 1.88. The Morgan fingerprint density at radius 1 is 0.870 bits per heavy atom. The number of carbonyl (C=O) groups is 2. The van der Waals surface area contributed by atoms with E-state index in [1.54, 1.807) is 64.2 Å². The topological polar surface area (TPSA) is 52.6 Å². The van der Waals surface area contributed by atoms with Gasteiger partial charge in [-0.2, -0.15) is 0 Å². The molecule has 0 heterocycles. The summed E-state index contributed by atoms with van der Waals surface area (Å²) in [6, 6.07) is 0. The molecule has 0 aromatic heterocycles. The third-order valence-electron chi connectivity index (χ3n) is 2.94. The van der Waals surface area contributed by atoms with Crippen molar-refractivity contribution in [2.45, 2.75) is 52.7 Å². The van der Waals surface area contributed by atoms with Gasteiger partial charge in [-0.3, -0.25) is 9.59 Å². The number of allylic oxidation sites excluding steroid dienone is 6.